The van der Waals surface area contributed by atoms with Crippen molar-refractivity contribution in [2.24, 2.45) is 0 Å². The number of anilines is 2. The maximum Gasteiger partial charge on any atom is 0.275 e. The van der Waals surface area contributed by atoms with Crippen LogP contribution >= 0.6 is 0 Å². The molecule has 1 aromatic heterocycles. The minimum absolute atomic E-state index is 0.269. The molecule has 2 N–H and O–H groups in total. The lowest BCUT2D eigenvalue weighted by molar-refractivity contribution is 0.102. The fourth-order valence-corrected chi connectivity index (χ4v) is 3.09. The Morgan fingerprint density at radius 2 is 1.86 bits per heavy atom. The van der Waals surface area contributed by atoms with Crippen LogP contribution in [0.1, 0.15) is 46.9 Å². The number of rotatable bonds is 7. The summed E-state index contributed by atoms with van der Waals surface area (Å²) in [6, 6.07) is 13.8. The van der Waals surface area contributed by atoms with Crippen LogP contribution in [0.15, 0.2) is 54.9 Å². The number of benzene rings is 2. The van der Waals surface area contributed by atoms with Gasteiger partial charge < -0.3 is 15.4 Å². The number of carbonyl (C=O) groups excluding carboxylic acids is 1. The maximum atomic E-state index is 12.7. The maximum absolute atomic E-state index is 12.7. The molecule has 1 heterocycles. The third-order valence-electron chi connectivity index (χ3n) is 4.70. The number of methoxy groups -OCH3 is 1. The summed E-state index contributed by atoms with van der Waals surface area (Å²) in [5.74, 6) is 1.43. The van der Waals surface area contributed by atoms with E-state index in [1.54, 1.807) is 13.3 Å². The van der Waals surface area contributed by atoms with E-state index in [1.807, 2.05) is 49.4 Å². The molecule has 0 spiro atoms. The summed E-state index contributed by atoms with van der Waals surface area (Å²) < 4.78 is 5.35. The first-order valence-corrected chi connectivity index (χ1v) is 9.58. The number of nitrogens with zero attached hydrogens (tertiary/aromatic N) is 2. The van der Waals surface area contributed by atoms with E-state index in [4.69, 9.17) is 4.74 Å². The number of ether oxygens (including phenoxy) is 1. The van der Waals surface area contributed by atoms with E-state index in [1.165, 1.54) is 6.20 Å². The molecule has 0 aliphatic heterocycles. The number of carbonyl (C=O) groups is 1. The molecule has 6 nitrogen and oxygen atoms in total. The Morgan fingerprint density at radius 3 is 2.55 bits per heavy atom. The molecule has 0 fully saturated rings. The van der Waals surface area contributed by atoms with Gasteiger partial charge in [0.25, 0.3) is 5.91 Å². The zero-order valence-electron chi connectivity index (χ0n) is 17.2. The topological polar surface area (TPSA) is 76.1 Å². The van der Waals surface area contributed by atoms with Gasteiger partial charge in [0.1, 0.15) is 17.3 Å². The standard InChI is InChI=1S/C23H26N4O2/c1-15(2)18-10-7-8-16(3)22(18)27-23(28)19-13-26-21(14-24-19)25-12-17-9-5-6-11-20(17)29-4/h5-11,13-15H,12H2,1-4H3,(H,25,26)(H,27,28). The lowest BCUT2D eigenvalue weighted by atomic mass is 9.98. The SMILES string of the molecule is COc1ccccc1CNc1cnc(C(=O)Nc2c(C)cccc2C(C)C)cn1. The molecule has 0 saturated heterocycles. The second kappa shape index (κ2) is 9.19. The van der Waals surface area contributed by atoms with E-state index >= 15 is 0 Å². The highest BCUT2D eigenvalue weighted by Gasteiger charge is 2.14. The minimum Gasteiger partial charge on any atom is -0.496 e. The predicted octanol–water partition coefficient (Wildman–Crippen LogP) is 4.78. The molecule has 2 aromatic carbocycles. The highest BCUT2D eigenvalue weighted by atomic mass is 16.5. The summed E-state index contributed by atoms with van der Waals surface area (Å²) in [6.45, 7) is 6.74. The van der Waals surface area contributed by atoms with Gasteiger partial charge in [-0.05, 0) is 30.0 Å². The van der Waals surface area contributed by atoms with Crippen molar-refractivity contribution in [3.8, 4) is 5.75 Å². The van der Waals surface area contributed by atoms with Crippen LogP contribution in [0.25, 0.3) is 0 Å². The quantitative estimate of drug-likeness (QED) is 0.607. The first-order chi connectivity index (χ1) is 14.0. The largest absolute Gasteiger partial charge is 0.496 e. The molecule has 1 amide bonds. The summed E-state index contributed by atoms with van der Waals surface area (Å²) in [7, 11) is 1.64. The van der Waals surface area contributed by atoms with Crippen molar-refractivity contribution in [1.29, 1.82) is 0 Å². The monoisotopic (exact) mass is 390 g/mol. The van der Waals surface area contributed by atoms with E-state index in [2.05, 4.69) is 34.4 Å². The highest BCUT2D eigenvalue weighted by molar-refractivity contribution is 6.03. The Balaban J connectivity index is 1.68. The number of amides is 1. The lowest BCUT2D eigenvalue weighted by Gasteiger charge is -2.16. The van der Waals surface area contributed by atoms with Crippen LogP contribution < -0.4 is 15.4 Å². The molecule has 0 unspecified atom stereocenters. The van der Waals surface area contributed by atoms with Gasteiger partial charge in [-0.15, -0.1) is 0 Å². The van der Waals surface area contributed by atoms with Crippen LogP contribution in [-0.4, -0.2) is 23.0 Å². The number of aromatic nitrogens is 2. The number of hydrogen-bond donors (Lipinski definition) is 2. The highest BCUT2D eigenvalue weighted by Crippen LogP contribution is 2.27. The van der Waals surface area contributed by atoms with E-state index in [9.17, 15) is 4.79 Å². The summed E-state index contributed by atoms with van der Waals surface area (Å²) in [6.07, 6.45) is 3.04. The van der Waals surface area contributed by atoms with Crippen molar-refractivity contribution in [1.82, 2.24) is 9.97 Å². The molecule has 0 saturated carbocycles. The van der Waals surface area contributed by atoms with Crippen molar-refractivity contribution >= 4 is 17.4 Å². The summed E-state index contributed by atoms with van der Waals surface area (Å²) >= 11 is 0. The van der Waals surface area contributed by atoms with Gasteiger partial charge in [-0.25, -0.2) is 9.97 Å². The van der Waals surface area contributed by atoms with Gasteiger partial charge in [-0.3, -0.25) is 4.79 Å². The zero-order valence-corrected chi connectivity index (χ0v) is 17.2. The van der Waals surface area contributed by atoms with Gasteiger partial charge in [0, 0.05) is 17.8 Å². The van der Waals surface area contributed by atoms with Gasteiger partial charge in [0.15, 0.2) is 0 Å². The summed E-state index contributed by atoms with van der Waals surface area (Å²) in [4.78, 5) is 21.2. The van der Waals surface area contributed by atoms with Gasteiger partial charge in [-0.1, -0.05) is 50.2 Å². The van der Waals surface area contributed by atoms with Crippen molar-refractivity contribution < 1.29 is 9.53 Å². The van der Waals surface area contributed by atoms with Gasteiger partial charge in [0.05, 0.1) is 19.5 Å². The smallest absolute Gasteiger partial charge is 0.275 e. The van der Waals surface area contributed by atoms with Crippen LogP contribution in [0.4, 0.5) is 11.5 Å². The Bertz CT molecular complexity index is 984. The second-order valence-corrected chi connectivity index (χ2v) is 7.10. The molecule has 0 aliphatic rings. The van der Waals surface area contributed by atoms with Gasteiger partial charge in [-0.2, -0.15) is 0 Å². The fraction of sp³-hybridized carbons (Fsp3) is 0.261. The third-order valence-corrected chi connectivity index (χ3v) is 4.70. The molecule has 0 radical (unpaired) electrons. The number of aryl methyl sites for hydroxylation is 1. The summed E-state index contributed by atoms with van der Waals surface area (Å²) in [5, 5.41) is 6.19. The lowest BCUT2D eigenvalue weighted by Crippen LogP contribution is -2.17. The first-order valence-electron chi connectivity index (χ1n) is 9.58. The van der Waals surface area contributed by atoms with Crippen molar-refractivity contribution in [3.05, 3.63) is 77.2 Å². The first kappa shape index (κ1) is 20.3. The van der Waals surface area contributed by atoms with E-state index < -0.39 is 0 Å². The van der Waals surface area contributed by atoms with E-state index in [0.717, 1.165) is 28.1 Å². The minimum atomic E-state index is -0.273. The molecular weight excluding hydrogens is 364 g/mol. The van der Waals surface area contributed by atoms with Crippen LogP contribution in [0, 0.1) is 6.92 Å². The Hall–Kier alpha value is -3.41. The molecule has 150 valence electrons. The predicted molar refractivity (Wildman–Crippen MR) is 116 cm³/mol. The third kappa shape index (κ3) is 4.90. The summed E-state index contributed by atoms with van der Waals surface area (Å²) in [5.41, 5.74) is 4.24. The normalized spacial score (nSPS) is 10.7. The van der Waals surface area contributed by atoms with Crippen LogP contribution in [0.2, 0.25) is 0 Å². The van der Waals surface area contributed by atoms with E-state index in [0.29, 0.717) is 18.3 Å². The Morgan fingerprint density at radius 1 is 1.07 bits per heavy atom. The van der Waals surface area contributed by atoms with Crippen LogP contribution in [0.5, 0.6) is 5.75 Å². The molecule has 29 heavy (non-hydrogen) atoms. The van der Waals surface area contributed by atoms with Gasteiger partial charge >= 0.3 is 0 Å². The van der Waals surface area contributed by atoms with Crippen LogP contribution in [-0.2, 0) is 6.54 Å². The fourth-order valence-electron chi connectivity index (χ4n) is 3.09. The second-order valence-electron chi connectivity index (χ2n) is 7.10. The van der Waals surface area contributed by atoms with Crippen molar-refractivity contribution in [2.75, 3.05) is 17.7 Å². The van der Waals surface area contributed by atoms with Crippen LogP contribution in [0.3, 0.4) is 0 Å². The average Bonchev–Trinajstić information content (AvgIpc) is 2.74. The molecular formula is C23H26N4O2. The van der Waals surface area contributed by atoms with E-state index in [-0.39, 0.29) is 11.6 Å². The molecule has 3 aromatic rings. The van der Waals surface area contributed by atoms with Gasteiger partial charge in [0.2, 0.25) is 0 Å². The number of hydrogen-bond acceptors (Lipinski definition) is 5. The average molecular weight is 390 g/mol. The molecule has 0 aliphatic carbocycles. The number of para-hydroxylation sites is 2. The zero-order chi connectivity index (χ0) is 20.8. The molecule has 0 atom stereocenters. The number of nitrogens with one attached hydrogen (secondary N) is 2. The van der Waals surface area contributed by atoms with Crippen molar-refractivity contribution in [2.45, 2.75) is 33.2 Å². The Kier molecular flexibility index (Phi) is 6.44. The molecule has 3 rings (SSSR count). The molecule has 6 heteroatoms. The Labute approximate surface area is 171 Å². The molecule has 0 bridgehead atoms. The van der Waals surface area contributed by atoms with Crippen molar-refractivity contribution in [3.63, 3.8) is 0 Å².